The summed E-state index contributed by atoms with van der Waals surface area (Å²) in [6.07, 6.45) is 1.52. The summed E-state index contributed by atoms with van der Waals surface area (Å²) in [7, 11) is 0. The van der Waals surface area contributed by atoms with Crippen molar-refractivity contribution < 1.29 is 9.53 Å². The maximum absolute atomic E-state index is 9.38. The molecule has 0 saturated heterocycles. The summed E-state index contributed by atoms with van der Waals surface area (Å²) in [4.78, 5) is 9.38. The third-order valence-electron chi connectivity index (χ3n) is 0.350. The Balaban J connectivity index is 2.82. The Labute approximate surface area is 46.7 Å². The van der Waals surface area contributed by atoms with E-state index < -0.39 is 0 Å². The zero-order chi connectivity index (χ0) is 5.54. The predicted octanol–water partition coefficient (Wildman–Crippen LogP) is 0.912. The van der Waals surface area contributed by atoms with Crippen molar-refractivity contribution in [3.05, 3.63) is 11.6 Å². The standard InChI is InChI=1S/C4H5ClO2/c5-2-1-3-7-4-6/h1-2,4H,3H2/b2-1+. The molecule has 0 bridgehead atoms. The van der Waals surface area contributed by atoms with Gasteiger partial charge in [-0.1, -0.05) is 11.6 Å². The fraction of sp³-hybridized carbons (Fsp3) is 0.250. The molecule has 7 heavy (non-hydrogen) atoms. The fourth-order valence-corrected chi connectivity index (χ4v) is 0.204. The Morgan fingerprint density at radius 3 is 2.86 bits per heavy atom. The summed E-state index contributed by atoms with van der Waals surface area (Å²) in [6.45, 7) is 0.629. The molecule has 40 valence electrons. The van der Waals surface area contributed by atoms with Crippen LogP contribution in [0.1, 0.15) is 0 Å². The zero-order valence-electron chi connectivity index (χ0n) is 3.63. The van der Waals surface area contributed by atoms with Crippen LogP contribution >= 0.6 is 11.6 Å². The van der Waals surface area contributed by atoms with Gasteiger partial charge in [0.25, 0.3) is 6.47 Å². The number of carbonyl (C=O) groups excluding carboxylic acids is 1. The molecule has 0 saturated carbocycles. The Kier molecular flexibility index (Phi) is 5.11. The number of ether oxygens (including phenoxy) is 1. The molecular formula is C4H5ClO2. The van der Waals surface area contributed by atoms with E-state index in [-0.39, 0.29) is 6.61 Å². The summed E-state index contributed by atoms with van der Waals surface area (Å²) >= 11 is 5.06. The number of carbonyl (C=O) groups is 1. The van der Waals surface area contributed by atoms with Gasteiger partial charge in [0.15, 0.2) is 0 Å². The molecule has 3 heteroatoms. The summed E-state index contributed by atoms with van der Waals surface area (Å²) < 4.78 is 4.22. The lowest BCUT2D eigenvalue weighted by molar-refractivity contribution is -0.127. The van der Waals surface area contributed by atoms with Crippen LogP contribution < -0.4 is 0 Å². The van der Waals surface area contributed by atoms with E-state index in [0.29, 0.717) is 6.47 Å². The molecule has 2 nitrogen and oxygen atoms in total. The molecule has 0 unspecified atom stereocenters. The molecule has 0 aliphatic heterocycles. The van der Waals surface area contributed by atoms with Crippen LogP contribution in [0.15, 0.2) is 11.6 Å². The van der Waals surface area contributed by atoms with Crippen LogP contribution in [0, 0.1) is 0 Å². The van der Waals surface area contributed by atoms with Gasteiger partial charge in [-0.05, 0) is 6.08 Å². The van der Waals surface area contributed by atoms with Crippen LogP contribution in [0.2, 0.25) is 0 Å². The second-order valence-electron chi connectivity index (χ2n) is 0.791. The summed E-state index contributed by atoms with van der Waals surface area (Å²) in [5, 5.41) is 0. The number of halogens is 1. The first kappa shape index (κ1) is 6.50. The van der Waals surface area contributed by atoms with Crippen molar-refractivity contribution in [2.45, 2.75) is 0 Å². The quantitative estimate of drug-likeness (QED) is 0.409. The van der Waals surface area contributed by atoms with Crippen molar-refractivity contribution >= 4 is 18.1 Å². The van der Waals surface area contributed by atoms with Gasteiger partial charge in [0, 0.05) is 5.54 Å². The van der Waals surface area contributed by atoms with Gasteiger partial charge < -0.3 is 4.74 Å². The third kappa shape index (κ3) is 5.50. The van der Waals surface area contributed by atoms with E-state index in [9.17, 15) is 4.79 Å². The maximum Gasteiger partial charge on any atom is 0.293 e. The minimum absolute atomic E-state index is 0.257. The van der Waals surface area contributed by atoms with Crippen molar-refractivity contribution in [3.63, 3.8) is 0 Å². The minimum Gasteiger partial charge on any atom is -0.464 e. The lowest BCUT2D eigenvalue weighted by atomic mass is 10.7. The van der Waals surface area contributed by atoms with Crippen molar-refractivity contribution in [2.24, 2.45) is 0 Å². The Hall–Kier alpha value is -0.500. The van der Waals surface area contributed by atoms with Gasteiger partial charge in [0.1, 0.15) is 6.61 Å². The second kappa shape index (κ2) is 5.50. The predicted molar refractivity (Wildman–Crippen MR) is 27.0 cm³/mol. The number of hydrogen-bond donors (Lipinski definition) is 0. The highest BCUT2D eigenvalue weighted by atomic mass is 35.5. The largest absolute Gasteiger partial charge is 0.464 e. The van der Waals surface area contributed by atoms with E-state index in [2.05, 4.69) is 4.74 Å². The van der Waals surface area contributed by atoms with Gasteiger partial charge >= 0.3 is 0 Å². The first-order valence-corrected chi connectivity index (χ1v) is 2.16. The molecule has 0 N–H and O–H groups in total. The van der Waals surface area contributed by atoms with Crippen LogP contribution in [0.3, 0.4) is 0 Å². The summed E-state index contributed by atoms with van der Waals surface area (Å²) in [6, 6.07) is 0. The summed E-state index contributed by atoms with van der Waals surface area (Å²) in [5.41, 5.74) is 1.30. The summed E-state index contributed by atoms with van der Waals surface area (Å²) in [5.74, 6) is 0. The van der Waals surface area contributed by atoms with Crippen molar-refractivity contribution in [2.75, 3.05) is 6.61 Å². The lowest BCUT2D eigenvalue weighted by Gasteiger charge is -1.83. The van der Waals surface area contributed by atoms with Gasteiger partial charge in [-0.25, -0.2) is 0 Å². The SMILES string of the molecule is O=COC/C=C/Cl. The van der Waals surface area contributed by atoms with Crippen LogP contribution in [0.4, 0.5) is 0 Å². The van der Waals surface area contributed by atoms with E-state index in [1.54, 1.807) is 0 Å². The molecule has 0 aliphatic rings. The van der Waals surface area contributed by atoms with E-state index in [1.807, 2.05) is 0 Å². The molecule has 0 aromatic carbocycles. The Morgan fingerprint density at radius 1 is 1.71 bits per heavy atom. The maximum atomic E-state index is 9.38. The molecule has 0 atom stereocenters. The van der Waals surface area contributed by atoms with Gasteiger partial charge in [-0.2, -0.15) is 0 Å². The van der Waals surface area contributed by atoms with Gasteiger partial charge in [-0.3, -0.25) is 4.79 Å². The van der Waals surface area contributed by atoms with Gasteiger partial charge in [0.05, 0.1) is 0 Å². The Morgan fingerprint density at radius 2 is 2.43 bits per heavy atom. The normalized spacial score (nSPS) is 9.29. The fourth-order valence-electron chi connectivity index (χ4n) is 0.131. The van der Waals surface area contributed by atoms with E-state index in [1.165, 1.54) is 11.6 Å². The molecular weight excluding hydrogens is 115 g/mol. The first-order chi connectivity index (χ1) is 3.41. The average Bonchev–Trinajstić information content (AvgIpc) is 1.69. The van der Waals surface area contributed by atoms with Crippen molar-refractivity contribution in [1.82, 2.24) is 0 Å². The van der Waals surface area contributed by atoms with Crippen LogP contribution in [-0.4, -0.2) is 13.1 Å². The third-order valence-corrected chi connectivity index (χ3v) is 0.528. The Bertz CT molecular complexity index is 70.1. The first-order valence-electron chi connectivity index (χ1n) is 1.72. The molecule has 0 heterocycles. The highest BCUT2D eigenvalue weighted by Crippen LogP contribution is 1.76. The highest BCUT2D eigenvalue weighted by Gasteiger charge is 1.69. The zero-order valence-corrected chi connectivity index (χ0v) is 4.39. The number of hydrogen-bond acceptors (Lipinski definition) is 2. The molecule has 0 aliphatic carbocycles. The van der Waals surface area contributed by atoms with Gasteiger partial charge in [-0.15, -0.1) is 0 Å². The molecule has 0 rings (SSSR count). The van der Waals surface area contributed by atoms with Crippen LogP contribution in [-0.2, 0) is 9.53 Å². The lowest BCUT2D eigenvalue weighted by Crippen LogP contribution is -1.83. The molecule has 0 radical (unpaired) electrons. The molecule has 0 aromatic heterocycles. The molecule has 0 aromatic rings. The van der Waals surface area contributed by atoms with E-state index in [0.717, 1.165) is 0 Å². The number of rotatable bonds is 3. The van der Waals surface area contributed by atoms with Crippen LogP contribution in [0.5, 0.6) is 0 Å². The van der Waals surface area contributed by atoms with Crippen LogP contribution in [0.25, 0.3) is 0 Å². The van der Waals surface area contributed by atoms with Gasteiger partial charge in [0.2, 0.25) is 0 Å². The van der Waals surface area contributed by atoms with Crippen molar-refractivity contribution in [3.8, 4) is 0 Å². The van der Waals surface area contributed by atoms with E-state index in [4.69, 9.17) is 11.6 Å². The van der Waals surface area contributed by atoms with Crippen molar-refractivity contribution in [1.29, 1.82) is 0 Å². The average molecular weight is 121 g/mol. The topological polar surface area (TPSA) is 26.3 Å². The molecule has 0 spiro atoms. The smallest absolute Gasteiger partial charge is 0.293 e. The molecule has 0 amide bonds. The van der Waals surface area contributed by atoms with E-state index >= 15 is 0 Å². The monoisotopic (exact) mass is 120 g/mol. The minimum atomic E-state index is 0.257. The highest BCUT2D eigenvalue weighted by molar-refractivity contribution is 6.25. The second-order valence-corrected chi connectivity index (χ2v) is 1.04. The molecule has 0 fully saturated rings.